The maximum Gasteiger partial charge on any atom is 0.222 e. The molecule has 0 saturated carbocycles. The van der Waals surface area contributed by atoms with Gasteiger partial charge in [-0.3, -0.25) is 4.79 Å². The quantitative estimate of drug-likeness (QED) is 0.672. The van der Waals surface area contributed by atoms with Gasteiger partial charge in [-0.25, -0.2) is 0 Å². The Morgan fingerprint density at radius 3 is 2.47 bits per heavy atom. The highest BCUT2D eigenvalue weighted by molar-refractivity contribution is 5.76. The summed E-state index contributed by atoms with van der Waals surface area (Å²) >= 11 is 0. The van der Waals surface area contributed by atoms with Crippen LogP contribution in [0.2, 0.25) is 0 Å². The molecule has 1 aliphatic rings. The monoisotopic (exact) mass is 244 g/mol. The Balaban J connectivity index is 2.49. The molecular formula is C12H24N2O3. The van der Waals surface area contributed by atoms with Crippen molar-refractivity contribution in [3.63, 3.8) is 0 Å². The third kappa shape index (κ3) is 4.61. The molecule has 0 bridgehead atoms. The van der Waals surface area contributed by atoms with Crippen molar-refractivity contribution in [2.75, 3.05) is 39.9 Å². The molecule has 0 spiro atoms. The second-order valence-electron chi connectivity index (χ2n) is 4.67. The van der Waals surface area contributed by atoms with Crippen molar-refractivity contribution >= 4 is 5.91 Å². The fourth-order valence-corrected chi connectivity index (χ4v) is 2.30. The lowest BCUT2D eigenvalue weighted by molar-refractivity contribution is -0.135. The summed E-state index contributed by atoms with van der Waals surface area (Å²) in [4.78, 5) is 16.0. The molecule has 1 rings (SSSR count). The maximum atomic E-state index is 12.0. The summed E-state index contributed by atoms with van der Waals surface area (Å²) in [6, 6.07) is 0.254. The van der Waals surface area contributed by atoms with Crippen LogP contribution >= 0.6 is 0 Å². The highest BCUT2D eigenvalue weighted by atomic mass is 16.3. The average molecular weight is 244 g/mol. The zero-order valence-electron chi connectivity index (χ0n) is 10.6. The van der Waals surface area contributed by atoms with Crippen LogP contribution in [0.15, 0.2) is 0 Å². The number of piperidine rings is 1. The van der Waals surface area contributed by atoms with E-state index in [1.165, 1.54) is 0 Å². The molecular weight excluding hydrogens is 220 g/mol. The number of nitrogens with zero attached hydrogens (tertiary/aromatic N) is 2. The fourth-order valence-electron chi connectivity index (χ4n) is 2.30. The first-order valence-electron chi connectivity index (χ1n) is 6.38. The number of hydrogen-bond acceptors (Lipinski definition) is 4. The predicted molar refractivity (Wildman–Crippen MR) is 65.6 cm³/mol. The molecule has 0 atom stereocenters. The number of hydrogen-bond donors (Lipinski definition) is 2. The van der Waals surface area contributed by atoms with Crippen molar-refractivity contribution < 1.29 is 15.0 Å². The average Bonchev–Trinajstić information content (AvgIpc) is 2.34. The molecule has 100 valence electrons. The van der Waals surface area contributed by atoms with Crippen molar-refractivity contribution in [2.45, 2.75) is 31.7 Å². The van der Waals surface area contributed by atoms with Crippen LogP contribution in [0.25, 0.3) is 0 Å². The normalized spacial score (nSPS) is 18.3. The van der Waals surface area contributed by atoms with E-state index in [-0.39, 0.29) is 25.2 Å². The third-order valence-corrected chi connectivity index (χ3v) is 3.34. The van der Waals surface area contributed by atoms with Gasteiger partial charge in [0.05, 0.1) is 6.61 Å². The lowest BCUT2D eigenvalue weighted by Crippen LogP contribution is -2.47. The predicted octanol–water partition coefficient (Wildman–Crippen LogP) is -0.326. The maximum absolute atomic E-state index is 12.0. The number of carbonyl (C=O) groups is 1. The summed E-state index contributed by atoms with van der Waals surface area (Å²) in [5, 5.41) is 17.8. The van der Waals surface area contributed by atoms with Gasteiger partial charge in [0.15, 0.2) is 0 Å². The van der Waals surface area contributed by atoms with E-state index in [1.807, 2.05) is 0 Å². The highest BCUT2D eigenvalue weighted by Gasteiger charge is 2.25. The molecule has 5 nitrogen and oxygen atoms in total. The van der Waals surface area contributed by atoms with Gasteiger partial charge in [-0.05, 0) is 39.4 Å². The Kier molecular flexibility index (Phi) is 6.47. The number of rotatable bonds is 6. The Hall–Kier alpha value is -0.650. The van der Waals surface area contributed by atoms with Crippen LogP contribution in [0.3, 0.4) is 0 Å². The van der Waals surface area contributed by atoms with Gasteiger partial charge in [-0.15, -0.1) is 0 Å². The molecule has 0 aromatic rings. The van der Waals surface area contributed by atoms with E-state index in [4.69, 9.17) is 10.2 Å². The fraction of sp³-hybridized carbons (Fsp3) is 0.917. The van der Waals surface area contributed by atoms with Gasteiger partial charge in [0.25, 0.3) is 0 Å². The first-order valence-corrected chi connectivity index (χ1v) is 6.38. The molecule has 1 heterocycles. The van der Waals surface area contributed by atoms with Crippen LogP contribution in [0.5, 0.6) is 0 Å². The van der Waals surface area contributed by atoms with Gasteiger partial charge in [0, 0.05) is 25.6 Å². The van der Waals surface area contributed by atoms with Gasteiger partial charge in [-0.1, -0.05) is 0 Å². The SMILES string of the molecule is CN1CCC(N(CCO)C(=O)CCCO)CC1. The number of amides is 1. The van der Waals surface area contributed by atoms with Gasteiger partial charge in [0.2, 0.25) is 5.91 Å². The second-order valence-corrected chi connectivity index (χ2v) is 4.67. The van der Waals surface area contributed by atoms with Crippen molar-refractivity contribution in [1.82, 2.24) is 9.80 Å². The minimum absolute atomic E-state index is 0.0111. The van der Waals surface area contributed by atoms with E-state index in [0.717, 1.165) is 25.9 Å². The molecule has 0 aromatic heterocycles. The lowest BCUT2D eigenvalue weighted by Gasteiger charge is -2.37. The number of likely N-dealkylation sites (tertiary alicyclic amines) is 1. The highest BCUT2D eigenvalue weighted by Crippen LogP contribution is 2.16. The lowest BCUT2D eigenvalue weighted by atomic mass is 10.0. The molecule has 0 aliphatic carbocycles. The van der Waals surface area contributed by atoms with Crippen LogP contribution in [0.4, 0.5) is 0 Å². The van der Waals surface area contributed by atoms with Crippen molar-refractivity contribution in [3.8, 4) is 0 Å². The summed E-state index contributed by atoms with van der Waals surface area (Å²) in [6.45, 7) is 2.47. The Morgan fingerprint density at radius 1 is 1.29 bits per heavy atom. The molecule has 0 unspecified atom stereocenters. The van der Waals surface area contributed by atoms with E-state index >= 15 is 0 Å². The number of aliphatic hydroxyl groups excluding tert-OH is 2. The first kappa shape index (κ1) is 14.4. The number of carbonyl (C=O) groups excluding carboxylic acids is 1. The topological polar surface area (TPSA) is 64.0 Å². The molecule has 0 radical (unpaired) electrons. The van der Waals surface area contributed by atoms with E-state index in [2.05, 4.69) is 11.9 Å². The van der Waals surface area contributed by atoms with Gasteiger partial charge >= 0.3 is 0 Å². The summed E-state index contributed by atoms with van der Waals surface area (Å²) < 4.78 is 0. The summed E-state index contributed by atoms with van der Waals surface area (Å²) in [5.41, 5.74) is 0. The molecule has 1 saturated heterocycles. The van der Waals surface area contributed by atoms with E-state index in [1.54, 1.807) is 4.90 Å². The standard InChI is InChI=1S/C12H24N2O3/c1-13-6-4-11(5-7-13)14(8-10-16)12(17)3-2-9-15/h11,15-16H,2-10H2,1H3. The second kappa shape index (κ2) is 7.63. The number of aliphatic hydroxyl groups is 2. The van der Waals surface area contributed by atoms with Gasteiger partial charge < -0.3 is 20.0 Å². The molecule has 1 aliphatic heterocycles. The zero-order chi connectivity index (χ0) is 12.7. The van der Waals surface area contributed by atoms with Crippen molar-refractivity contribution in [1.29, 1.82) is 0 Å². The minimum atomic E-state index is 0.0111. The summed E-state index contributed by atoms with van der Waals surface area (Å²) in [5.74, 6) is 0.0580. The smallest absolute Gasteiger partial charge is 0.222 e. The molecule has 1 amide bonds. The van der Waals surface area contributed by atoms with Crippen LogP contribution in [-0.2, 0) is 4.79 Å². The summed E-state index contributed by atoms with van der Waals surface area (Å²) in [7, 11) is 2.08. The Morgan fingerprint density at radius 2 is 1.94 bits per heavy atom. The molecule has 1 fully saturated rings. The largest absolute Gasteiger partial charge is 0.396 e. The Labute approximate surface area is 103 Å². The van der Waals surface area contributed by atoms with Gasteiger partial charge in [-0.2, -0.15) is 0 Å². The molecule has 17 heavy (non-hydrogen) atoms. The van der Waals surface area contributed by atoms with E-state index < -0.39 is 0 Å². The van der Waals surface area contributed by atoms with Gasteiger partial charge in [0.1, 0.15) is 0 Å². The molecule has 2 N–H and O–H groups in total. The Bertz CT molecular complexity index is 228. The van der Waals surface area contributed by atoms with Crippen molar-refractivity contribution in [2.24, 2.45) is 0 Å². The minimum Gasteiger partial charge on any atom is -0.396 e. The molecule has 5 heteroatoms. The first-order chi connectivity index (χ1) is 8.19. The van der Waals surface area contributed by atoms with E-state index in [9.17, 15) is 4.79 Å². The van der Waals surface area contributed by atoms with E-state index in [0.29, 0.717) is 19.4 Å². The summed E-state index contributed by atoms with van der Waals surface area (Å²) in [6.07, 6.45) is 2.83. The van der Waals surface area contributed by atoms with Crippen LogP contribution < -0.4 is 0 Å². The van der Waals surface area contributed by atoms with Crippen LogP contribution in [0, 0.1) is 0 Å². The molecule has 0 aromatic carbocycles. The van der Waals surface area contributed by atoms with Crippen molar-refractivity contribution in [3.05, 3.63) is 0 Å². The zero-order valence-corrected chi connectivity index (χ0v) is 10.6. The third-order valence-electron chi connectivity index (χ3n) is 3.34. The van der Waals surface area contributed by atoms with Crippen LogP contribution in [-0.4, -0.2) is 71.9 Å². The van der Waals surface area contributed by atoms with Crippen LogP contribution in [0.1, 0.15) is 25.7 Å².